The third-order valence-electron chi connectivity index (χ3n) is 6.93. The van der Waals surface area contributed by atoms with Gasteiger partial charge in [-0.3, -0.25) is 9.59 Å². The molecule has 0 saturated carbocycles. The number of amides is 1. The van der Waals surface area contributed by atoms with E-state index in [1.54, 1.807) is 23.3 Å². The van der Waals surface area contributed by atoms with Crippen LogP contribution in [0.2, 0.25) is 0 Å². The van der Waals surface area contributed by atoms with Gasteiger partial charge in [-0.1, -0.05) is 30.3 Å². The highest BCUT2D eigenvalue weighted by molar-refractivity contribution is 6.03. The Morgan fingerprint density at radius 2 is 1.85 bits per heavy atom. The number of ether oxygens (including phenoxy) is 1. The second-order valence-corrected chi connectivity index (χ2v) is 9.29. The molecule has 7 rings (SSSR count). The molecule has 3 aromatic carbocycles. The minimum Gasteiger partial charge on any atom is -0.451 e. The Morgan fingerprint density at radius 1 is 1.00 bits per heavy atom. The van der Waals surface area contributed by atoms with Crippen molar-refractivity contribution in [1.29, 1.82) is 0 Å². The lowest BCUT2D eigenvalue weighted by molar-refractivity contribution is 0.0951. The lowest BCUT2D eigenvalue weighted by atomic mass is 10.0. The number of hydrogen-bond donors (Lipinski definition) is 1. The summed E-state index contributed by atoms with van der Waals surface area (Å²) in [4.78, 5) is 35.0. The first-order valence-electron chi connectivity index (χ1n) is 12.4. The Balaban J connectivity index is 1.41. The molecule has 1 aliphatic heterocycles. The van der Waals surface area contributed by atoms with Gasteiger partial charge in [0, 0.05) is 49.5 Å². The molecule has 0 bridgehead atoms. The van der Waals surface area contributed by atoms with Crippen LogP contribution in [0, 0.1) is 5.82 Å². The van der Waals surface area contributed by atoms with E-state index in [9.17, 15) is 9.59 Å². The molecule has 1 N–H and O–H groups in total. The maximum Gasteiger partial charge on any atom is 0.256 e. The first-order valence-corrected chi connectivity index (χ1v) is 12.4. The molecular formula is C29H21FN6O3. The van der Waals surface area contributed by atoms with E-state index in [4.69, 9.17) is 4.74 Å². The Labute approximate surface area is 220 Å². The van der Waals surface area contributed by atoms with Gasteiger partial charge in [0.05, 0.1) is 23.7 Å². The largest absolute Gasteiger partial charge is 0.451 e. The van der Waals surface area contributed by atoms with Crippen LogP contribution in [-0.4, -0.2) is 36.1 Å². The van der Waals surface area contributed by atoms with Gasteiger partial charge >= 0.3 is 0 Å². The molecule has 0 aliphatic carbocycles. The predicted molar refractivity (Wildman–Crippen MR) is 143 cm³/mol. The van der Waals surface area contributed by atoms with Gasteiger partial charge in [0.2, 0.25) is 5.43 Å². The number of rotatable bonds is 6. The van der Waals surface area contributed by atoms with Crippen LogP contribution in [0.3, 0.4) is 0 Å². The number of aryl methyl sites for hydroxylation is 1. The summed E-state index contributed by atoms with van der Waals surface area (Å²) in [6.45, 7) is 1.03. The SMILES string of the molecule is O=C(NCCCn1ccnc1)c1cn2c3c(c(-n4ccnc4)c(F)cc3c1=O)Oc1ccc3ccccc3c1-2. The molecule has 4 heterocycles. The van der Waals surface area contributed by atoms with Crippen molar-refractivity contribution in [2.75, 3.05) is 6.54 Å². The van der Waals surface area contributed by atoms with Crippen LogP contribution in [-0.2, 0) is 6.54 Å². The molecule has 10 heteroatoms. The van der Waals surface area contributed by atoms with Crippen LogP contribution in [0.1, 0.15) is 16.8 Å². The number of benzene rings is 3. The summed E-state index contributed by atoms with van der Waals surface area (Å²) in [6.07, 6.45) is 12.0. The van der Waals surface area contributed by atoms with Crippen molar-refractivity contribution >= 4 is 27.6 Å². The number of carbonyl (C=O) groups excluding carboxylic acids is 1. The van der Waals surface area contributed by atoms with Gasteiger partial charge in [-0.2, -0.15) is 0 Å². The number of hydrogen-bond acceptors (Lipinski definition) is 5. The summed E-state index contributed by atoms with van der Waals surface area (Å²) in [6, 6.07) is 12.7. The van der Waals surface area contributed by atoms with E-state index in [0.29, 0.717) is 36.5 Å². The molecule has 0 spiro atoms. The zero-order valence-corrected chi connectivity index (χ0v) is 20.5. The first-order chi connectivity index (χ1) is 19.1. The highest BCUT2D eigenvalue weighted by atomic mass is 19.1. The molecule has 9 nitrogen and oxygen atoms in total. The summed E-state index contributed by atoms with van der Waals surface area (Å²) in [7, 11) is 0. The second-order valence-electron chi connectivity index (χ2n) is 9.29. The molecule has 6 aromatic rings. The van der Waals surface area contributed by atoms with Crippen LogP contribution in [0.5, 0.6) is 11.5 Å². The fourth-order valence-electron chi connectivity index (χ4n) is 5.14. The summed E-state index contributed by atoms with van der Waals surface area (Å²) in [5.41, 5.74) is 0.529. The standard InChI is InChI=1S/C29H21FN6O3/c30-22-14-20-25-28(26(22)35-13-10-32-17-35)39-23-7-6-18-4-1-2-5-19(18)24(23)36(25)15-21(27(20)37)29(38)33-8-3-11-34-12-9-31-16-34/h1-2,4-7,9-10,12-17H,3,8,11H2,(H,33,38). The maximum atomic E-state index is 15.6. The van der Waals surface area contributed by atoms with E-state index in [1.807, 2.05) is 47.2 Å². The number of pyridine rings is 1. The average Bonchev–Trinajstić information content (AvgIpc) is 3.67. The van der Waals surface area contributed by atoms with Crippen molar-refractivity contribution < 1.29 is 13.9 Å². The average molecular weight is 521 g/mol. The number of nitrogens with zero attached hydrogens (tertiary/aromatic N) is 5. The van der Waals surface area contributed by atoms with Gasteiger partial charge in [-0.25, -0.2) is 14.4 Å². The van der Waals surface area contributed by atoms with Crippen LogP contribution >= 0.6 is 0 Å². The number of imidazole rings is 2. The molecule has 1 amide bonds. The summed E-state index contributed by atoms with van der Waals surface area (Å²) in [5, 5.41) is 4.71. The van der Waals surface area contributed by atoms with E-state index in [1.165, 1.54) is 29.4 Å². The molecule has 192 valence electrons. The third-order valence-corrected chi connectivity index (χ3v) is 6.93. The van der Waals surface area contributed by atoms with Crippen molar-refractivity contribution in [2.45, 2.75) is 13.0 Å². The van der Waals surface area contributed by atoms with Crippen molar-refractivity contribution in [2.24, 2.45) is 0 Å². The molecule has 39 heavy (non-hydrogen) atoms. The van der Waals surface area contributed by atoms with E-state index >= 15 is 4.39 Å². The van der Waals surface area contributed by atoms with E-state index in [2.05, 4.69) is 15.3 Å². The van der Waals surface area contributed by atoms with Crippen LogP contribution in [0.15, 0.2) is 90.9 Å². The third kappa shape index (κ3) is 3.68. The lowest BCUT2D eigenvalue weighted by Gasteiger charge is -2.27. The highest BCUT2D eigenvalue weighted by Crippen LogP contribution is 2.46. The number of carbonyl (C=O) groups is 1. The molecule has 0 atom stereocenters. The molecule has 0 fully saturated rings. The van der Waals surface area contributed by atoms with Crippen molar-refractivity contribution in [1.82, 2.24) is 29.0 Å². The maximum absolute atomic E-state index is 15.6. The molecule has 1 aliphatic rings. The Morgan fingerprint density at radius 3 is 2.67 bits per heavy atom. The molecule has 0 radical (unpaired) electrons. The Hall–Kier alpha value is -5.25. The zero-order chi connectivity index (χ0) is 26.5. The summed E-state index contributed by atoms with van der Waals surface area (Å²) in [5.74, 6) is -0.536. The normalized spacial score (nSPS) is 11.9. The fraction of sp³-hybridized carbons (Fsp3) is 0.103. The number of fused-ring (bicyclic) bond motifs is 4. The number of aromatic nitrogens is 5. The quantitative estimate of drug-likeness (QED) is 0.324. The smallest absolute Gasteiger partial charge is 0.256 e. The Kier molecular flexibility index (Phi) is 5.25. The van der Waals surface area contributed by atoms with Crippen LogP contribution in [0.4, 0.5) is 4.39 Å². The minimum atomic E-state index is -0.665. The highest BCUT2D eigenvalue weighted by Gasteiger charge is 2.30. The van der Waals surface area contributed by atoms with E-state index in [0.717, 1.165) is 10.8 Å². The lowest BCUT2D eigenvalue weighted by Crippen LogP contribution is -2.31. The van der Waals surface area contributed by atoms with Crippen molar-refractivity contribution in [3.8, 4) is 22.9 Å². The molecular weight excluding hydrogens is 499 g/mol. The van der Waals surface area contributed by atoms with Crippen molar-refractivity contribution in [3.05, 3.63) is 108 Å². The monoisotopic (exact) mass is 520 g/mol. The van der Waals surface area contributed by atoms with Crippen LogP contribution < -0.4 is 15.5 Å². The van der Waals surface area contributed by atoms with Crippen LogP contribution in [0.25, 0.3) is 33.1 Å². The first kappa shape index (κ1) is 22.9. The molecule has 3 aromatic heterocycles. The van der Waals surface area contributed by atoms with Gasteiger partial charge in [0.15, 0.2) is 17.3 Å². The van der Waals surface area contributed by atoms with Gasteiger partial charge < -0.3 is 23.8 Å². The van der Waals surface area contributed by atoms with Crippen molar-refractivity contribution in [3.63, 3.8) is 0 Å². The molecule has 0 saturated heterocycles. The van der Waals surface area contributed by atoms with Gasteiger partial charge in [-0.05, 0) is 23.9 Å². The van der Waals surface area contributed by atoms with Gasteiger partial charge in [-0.15, -0.1) is 0 Å². The summed E-state index contributed by atoms with van der Waals surface area (Å²) >= 11 is 0. The van der Waals surface area contributed by atoms with E-state index in [-0.39, 0.29) is 22.4 Å². The van der Waals surface area contributed by atoms with Gasteiger partial charge in [0.25, 0.3) is 5.91 Å². The summed E-state index contributed by atoms with van der Waals surface area (Å²) < 4.78 is 27.1. The topological polar surface area (TPSA) is 96.0 Å². The Bertz CT molecular complexity index is 1940. The second kappa shape index (κ2) is 8.95. The fourth-order valence-corrected chi connectivity index (χ4v) is 5.14. The van der Waals surface area contributed by atoms with E-state index < -0.39 is 17.2 Å². The minimum absolute atomic E-state index is 0.0519. The predicted octanol–water partition coefficient (Wildman–Crippen LogP) is 4.59. The number of nitrogens with one attached hydrogen (secondary N) is 1. The zero-order valence-electron chi connectivity index (χ0n) is 20.5. The number of halogens is 1. The van der Waals surface area contributed by atoms with Gasteiger partial charge in [0.1, 0.15) is 16.8 Å². The molecule has 0 unspecified atom stereocenters.